The zero-order chi connectivity index (χ0) is 14.9. The highest BCUT2D eigenvalue weighted by molar-refractivity contribution is 5.76. The normalized spacial score (nSPS) is 20.4. The molecule has 0 unspecified atom stereocenters. The molecule has 0 radical (unpaired) electrons. The monoisotopic (exact) mass is 280 g/mol. The lowest BCUT2D eigenvalue weighted by atomic mass is 10.1. The number of esters is 1. The van der Waals surface area contributed by atoms with E-state index in [0.29, 0.717) is 12.4 Å². The van der Waals surface area contributed by atoms with Crippen molar-refractivity contribution < 1.29 is 13.9 Å². The van der Waals surface area contributed by atoms with E-state index < -0.39 is 5.60 Å². The zero-order valence-corrected chi connectivity index (χ0v) is 13.0. The summed E-state index contributed by atoms with van der Waals surface area (Å²) in [6.07, 6.45) is 1.84. The molecule has 5 nitrogen and oxygen atoms in total. The molecular formula is C15H24N2O3. The number of rotatable bonds is 3. The number of likely N-dealkylation sites (tertiary alicyclic amines) is 1. The summed E-state index contributed by atoms with van der Waals surface area (Å²) in [6.45, 7) is 11.0. The van der Waals surface area contributed by atoms with Crippen molar-refractivity contribution in [2.45, 2.75) is 65.6 Å². The van der Waals surface area contributed by atoms with Gasteiger partial charge in [0.15, 0.2) is 0 Å². The molecule has 1 fully saturated rings. The Bertz CT molecular complexity index is 468. The first-order valence-corrected chi connectivity index (χ1v) is 7.16. The van der Waals surface area contributed by atoms with Crippen LogP contribution < -0.4 is 0 Å². The van der Waals surface area contributed by atoms with Crippen LogP contribution in [0.3, 0.4) is 0 Å². The van der Waals surface area contributed by atoms with Gasteiger partial charge in [-0.15, -0.1) is 0 Å². The number of aromatic nitrogens is 1. The summed E-state index contributed by atoms with van der Waals surface area (Å²) < 4.78 is 11.1. The molecule has 2 heterocycles. The number of hydrogen-bond acceptors (Lipinski definition) is 5. The Kier molecular flexibility index (Phi) is 4.18. The number of carbonyl (C=O) groups excluding carboxylic acids is 1. The number of hydrogen-bond donors (Lipinski definition) is 0. The first-order chi connectivity index (χ1) is 9.26. The quantitative estimate of drug-likeness (QED) is 0.797. The van der Waals surface area contributed by atoms with Crippen molar-refractivity contribution >= 4 is 5.97 Å². The topological polar surface area (TPSA) is 55.6 Å². The maximum absolute atomic E-state index is 12.2. The van der Waals surface area contributed by atoms with Crippen molar-refractivity contribution in [1.82, 2.24) is 9.88 Å². The highest BCUT2D eigenvalue weighted by Gasteiger charge is 2.34. The van der Waals surface area contributed by atoms with Crippen LogP contribution in [0.2, 0.25) is 0 Å². The van der Waals surface area contributed by atoms with Gasteiger partial charge in [-0.2, -0.15) is 0 Å². The van der Waals surface area contributed by atoms with E-state index in [-0.39, 0.29) is 12.0 Å². The van der Waals surface area contributed by atoms with Gasteiger partial charge in [-0.1, -0.05) is 0 Å². The molecule has 1 saturated heterocycles. The minimum atomic E-state index is -0.443. The SMILES string of the molecule is Cc1nc(CN2CCC[C@@H]2C(=O)OC(C)(C)C)oc1C. The van der Waals surface area contributed by atoms with Crippen molar-refractivity contribution in [3.63, 3.8) is 0 Å². The number of ether oxygens (including phenoxy) is 1. The van der Waals surface area contributed by atoms with E-state index in [1.54, 1.807) is 0 Å². The van der Waals surface area contributed by atoms with E-state index in [2.05, 4.69) is 9.88 Å². The third kappa shape index (κ3) is 3.60. The van der Waals surface area contributed by atoms with Gasteiger partial charge in [0, 0.05) is 0 Å². The first-order valence-electron chi connectivity index (χ1n) is 7.16. The molecule has 0 spiro atoms. The van der Waals surface area contributed by atoms with Crippen molar-refractivity contribution in [2.24, 2.45) is 0 Å². The van der Waals surface area contributed by atoms with Crippen molar-refractivity contribution in [2.75, 3.05) is 6.54 Å². The molecule has 0 saturated carbocycles. The largest absolute Gasteiger partial charge is 0.459 e. The average molecular weight is 280 g/mol. The Morgan fingerprint density at radius 3 is 2.70 bits per heavy atom. The highest BCUT2D eigenvalue weighted by atomic mass is 16.6. The van der Waals surface area contributed by atoms with Crippen molar-refractivity contribution in [3.05, 3.63) is 17.3 Å². The Balaban J connectivity index is 2.02. The second kappa shape index (κ2) is 5.56. The molecular weight excluding hydrogens is 256 g/mol. The lowest BCUT2D eigenvalue weighted by Crippen LogP contribution is -2.40. The van der Waals surface area contributed by atoms with Crippen LogP contribution in [-0.4, -0.2) is 34.0 Å². The van der Waals surface area contributed by atoms with Gasteiger partial charge >= 0.3 is 5.97 Å². The fraction of sp³-hybridized carbons (Fsp3) is 0.733. The molecule has 1 aliphatic rings. The van der Waals surface area contributed by atoms with Crippen molar-refractivity contribution in [1.29, 1.82) is 0 Å². The van der Waals surface area contributed by atoms with Crippen LogP contribution in [-0.2, 0) is 16.1 Å². The number of nitrogens with zero attached hydrogens (tertiary/aromatic N) is 2. The molecule has 1 atom stereocenters. The number of carbonyl (C=O) groups is 1. The summed E-state index contributed by atoms with van der Waals surface area (Å²) in [5.74, 6) is 1.37. The van der Waals surface area contributed by atoms with Crippen LogP contribution in [0.4, 0.5) is 0 Å². The molecule has 1 aromatic heterocycles. The van der Waals surface area contributed by atoms with Crippen LogP contribution in [0.1, 0.15) is 51.0 Å². The standard InChI is InChI=1S/C15H24N2O3/c1-10-11(2)19-13(16-10)9-17-8-6-7-12(17)14(18)20-15(3,4)5/h12H,6-9H2,1-5H3/t12-/m1/s1. The van der Waals surface area contributed by atoms with Crippen LogP contribution in [0.5, 0.6) is 0 Å². The molecule has 20 heavy (non-hydrogen) atoms. The smallest absolute Gasteiger partial charge is 0.323 e. The summed E-state index contributed by atoms with van der Waals surface area (Å²) in [5, 5.41) is 0. The fourth-order valence-electron chi connectivity index (χ4n) is 2.43. The third-order valence-electron chi connectivity index (χ3n) is 3.45. The molecule has 0 aliphatic carbocycles. The summed E-state index contributed by atoms with van der Waals surface area (Å²) >= 11 is 0. The highest BCUT2D eigenvalue weighted by Crippen LogP contribution is 2.23. The van der Waals surface area contributed by atoms with Gasteiger partial charge in [-0.25, -0.2) is 4.98 Å². The third-order valence-corrected chi connectivity index (χ3v) is 3.45. The minimum Gasteiger partial charge on any atom is -0.459 e. The van der Waals surface area contributed by atoms with E-state index in [9.17, 15) is 4.79 Å². The van der Waals surface area contributed by atoms with Crippen LogP contribution in [0.15, 0.2) is 4.42 Å². The lowest BCUT2D eigenvalue weighted by molar-refractivity contribution is -0.160. The Labute approximate surface area is 120 Å². The van der Waals surface area contributed by atoms with Gasteiger partial charge in [0.1, 0.15) is 17.4 Å². The van der Waals surface area contributed by atoms with E-state index in [1.807, 2.05) is 34.6 Å². The molecule has 0 amide bonds. The predicted octanol–water partition coefficient (Wildman–Crippen LogP) is 2.60. The number of aryl methyl sites for hydroxylation is 2. The summed E-state index contributed by atoms with van der Waals surface area (Å²) in [4.78, 5) is 18.7. The molecule has 1 aliphatic heterocycles. The molecule has 1 aromatic rings. The fourth-order valence-corrected chi connectivity index (χ4v) is 2.43. The maximum Gasteiger partial charge on any atom is 0.323 e. The summed E-state index contributed by atoms with van der Waals surface area (Å²) in [7, 11) is 0. The van der Waals surface area contributed by atoms with Crippen LogP contribution in [0, 0.1) is 13.8 Å². The molecule has 0 aromatic carbocycles. The summed E-state index contributed by atoms with van der Waals surface area (Å²) in [5.41, 5.74) is 0.467. The first kappa shape index (κ1) is 15.0. The molecule has 0 bridgehead atoms. The Morgan fingerprint density at radius 2 is 2.15 bits per heavy atom. The van der Waals surface area contributed by atoms with Gasteiger partial charge < -0.3 is 9.15 Å². The Hall–Kier alpha value is -1.36. The van der Waals surface area contributed by atoms with Gasteiger partial charge in [0.05, 0.1) is 12.2 Å². The summed E-state index contributed by atoms with van der Waals surface area (Å²) in [6, 6.07) is -0.179. The van der Waals surface area contributed by atoms with Crippen LogP contribution >= 0.6 is 0 Å². The van der Waals surface area contributed by atoms with E-state index in [1.165, 1.54) is 0 Å². The maximum atomic E-state index is 12.2. The molecule has 2 rings (SSSR count). The minimum absolute atomic E-state index is 0.144. The molecule has 5 heteroatoms. The molecule has 0 N–H and O–H groups in total. The van der Waals surface area contributed by atoms with Crippen molar-refractivity contribution in [3.8, 4) is 0 Å². The zero-order valence-electron chi connectivity index (χ0n) is 13.0. The van der Waals surface area contributed by atoms with Gasteiger partial charge in [0.25, 0.3) is 0 Å². The van der Waals surface area contributed by atoms with Gasteiger partial charge in [-0.05, 0) is 54.0 Å². The Morgan fingerprint density at radius 1 is 1.45 bits per heavy atom. The van der Waals surface area contributed by atoms with Gasteiger partial charge in [-0.3, -0.25) is 9.69 Å². The average Bonchev–Trinajstić information content (AvgIpc) is 2.85. The van der Waals surface area contributed by atoms with E-state index in [4.69, 9.17) is 9.15 Å². The van der Waals surface area contributed by atoms with Crippen LogP contribution in [0.25, 0.3) is 0 Å². The van der Waals surface area contributed by atoms with Gasteiger partial charge in [0.2, 0.25) is 5.89 Å². The second-order valence-corrected chi connectivity index (χ2v) is 6.41. The predicted molar refractivity (Wildman–Crippen MR) is 75.3 cm³/mol. The molecule has 112 valence electrons. The number of oxazole rings is 1. The second-order valence-electron chi connectivity index (χ2n) is 6.41. The van der Waals surface area contributed by atoms with E-state index in [0.717, 1.165) is 30.8 Å². The lowest BCUT2D eigenvalue weighted by Gasteiger charge is -2.26. The van der Waals surface area contributed by atoms with E-state index >= 15 is 0 Å².